The molecule has 0 spiro atoms. The fourth-order valence-corrected chi connectivity index (χ4v) is 3.39. The van der Waals surface area contributed by atoms with Gasteiger partial charge in [0.15, 0.2) is 5.75 Å². The Kier molecular flexibility index (Phi) is 6.96. The van der Waals surface area contributed by atoms with Gasteiger partial charge in [-0.3, -0.25) is 14.6 Å². The van der Waals surface area contributed by atoms with Gasteiger partial charge >= 0.3 is 0 Å². The first-order valence-corrected chi connectivity index (χ1v) is 9.89. The summed E-state index contributed by atoms with van der Waals surface area (Å²) in [5.41, 5.74) is 0.867. The minimum Gasteiger partial charge on any atom is -0.486 e. The number of anilines is 1. The van der Waals surface area contributed by atoms with Crippen molar-refractivity contribution < 1.29 is 19.4 Å². The Balaban J connectivity index is 2.03. The van der Waals surface area contributed by atoms with E-state index in [4.69, 9.17) is 4.74 Å². The average Bonchev–Trinajstić information content (AvgIpc) is 2.76. The van der Waals surface area contributed by atoms with Gasteiger partial charge in [-0.25, -0.2) is 4.98 Å². The number of hydrogen-bond acceptors (Lipinski definition) is 7. The molecule has 0 bridgehead atoms. The number of nitrogens with zero attached hydrogens (tertiary/aromatic N) is 3. The van der Waals surface area contributed by atoms with Crippen LogP contribution >= 0.6 is 0 Å². The van der Waals surface area contributed by atoms with Gasteiger partial charge in [-0.1, -0.05) is 13.0 Å². The van der Waals surface area contributed by atoms with Crippen LogP contribution in [0.4, 0.5) is 5.69 Å². The van der Waals surface area contributed by atoms with Crippen LogP contribution in [0.25, 0.3) is 0 Å². The Morgan fingerprint density at radius 1 is 1.40 bits per heavy atom. The summed E-state index contributed by atoms with van der Waals surface area (Å²) in [4.78, 5) is 35.5. The number of fused-ring (bicyclic) bond motifs is 1. The van der Waals surface area contributed by atoms with Gasteiger partial charge in [0.1, 0.15) is 11.8 Å². The maximum absolute atomic E-state index is 13.3. The SMILES string of the molecule is CNC[C@H]1Oc2c(NC(=O)c3cnccn3)cccc2C(=O)N([C@@H](C)CO)C[C@H]1C. The largest absolute Gasteiger partial charge is 0.486 e. The number of aliphatic hydroxyl groups is 1. The summed E-state index contributed by atoms with van der Waals surface area (Å²) in [5.74, 6) is -0.403. The summed E-state index contributed by atoms with van der Waals surface area (Å²) in [5, 5.41) is 15.6. The summed E-state index contributed by atoms with van der Waals surface area (Å²) < 4.78 is 6.27. The van der Waals surface area contributed by atoms with Crippen molar-refractivity contribution >= 4 is 17.5 Å². The van der Waals surface area contributed by atoms with E-state index in [1.807, 2.05) is 14.0 Å². The zero-order chi connectivity index (χ0) is 21.7. The van der Waals surface area contributed by atoms with Gasteiger partial charge in [0, 0.05) is 31.4 Å². The molecule has 1 aliphatic rings. The maximum Gasteiger partial charge on any atom is 0.275 e. The van der Waals surface area contributed by atoms with Gasteiger partial charge < -0.3 is 25.4 Å². The van der Waals surface area contributed by atoms with Gasteiger partial charge in [0.2, 0.25) is 0 Å². The first kappa shape index (κ1) is 21.7. The molecule has 0 fully saturated rings. The van der Waals surface area contributed by atoms with E-state index in [0.717, 1.165) is 0 Å². The first-order chi connectivity index (χ1) is 14.5. The van der Waals surface area contributed by atoms with Crippen LogP contribution in [-0.4, -0.2) is 70.7 Å². The number of aromatic nitrogens is 2. The number of carbonyl (C=O) groups excluding carboxylic acids is 2. The molecule has 0 aliphatic carbocycles. The number of para-hydroxylation sites is 1. The van der Waals surface area contributed by atoms with Crippen LogP contribution in [0.2, 0.25) is 0 Å². The molecule has 3 atom stereocenters. The summed E-state index contributed by atoms with van der Waals surface area (Å²) in [7, 11) is 1.83. The van der Waals surface area contributed by atoms with Crippen molar-refractivity contribution in [3.8, 4) is 5.75 Å². The van der Waals surface area contributed by atoms with E-state index in [1.54, 1.807) is 30.0 Å². The highest BCUT2D eigenvalue weighted by atomic mass is 16.5. The Hall–Kier alpha value is -3.04. The molecule has 3 rings (SSSR count). The molecule has 0 saturated heterocycles. The number of benzene rings is 1. The summed E-state index contributed by atoms with van der Waals surface area (Å²) in [6, 6.07) is 4.69. The Labute approximate surface area is 175 Å². The summed E-state index contributed by atoms with van der Waals surface area (Å²) in [6.45, 7) is 4.66. The predicted molar refractivity (Wildman–Crippen MR) is 112 cm³/mol. The Bertz CT molecular complexity index is 892. The lowest BCUT2D eigenvalue weighted by Crippen LogP contribution is -2.49. The van der Waals surface area contributed by atoms with Crippen LogP contribution in [0.3, 0.4) is 0 Å². The van der Waals surface area contributed by atoms with E-state index < -0.39 is 5.91 Å². The quantitative estimate of drug-likeness (QED) is 0.651. The van der Waals surface area contributed by atoms with E-state index in [0.29, 0.717) is 30.1 Å². The monoisotopic (exact) mass is 413 g/mol. The number of ether oxygens (including phenoxy) is 1. The molecule has 160 valence electrons. The highest BCUT2D eigenvalue weighted by Crippen LogP contribution is 2.34. The molecule has 0 radical (unpaired) electrons. The number of likely N-dealkylation sites (N-methyl/N-ethyl adjacent to an activating group) is 1. The van der Waals surface area contributed by atoms with Crippen molar-refractivity contribution in [2.24, 2.45) is 5.92 Å². The molecule has 1 aromatic heterocycles. The third-order valence-corrected chi connectivity index (χ3v) is 5.14. The number of hydrogen-bond donors (Lipinski definition) is 3. The van der Waals surface area contributed by atoms with Crippen LogP contribution < -0.4 is 15.4 Å². The van der Waals surface area contributed by atoms with Crippen LogP contribution in [0, 0.1) is 5.92 Å². The van der Waals surface area contributed by atoms with E-state index in [2.05, 4.69) is 20.6 Å². The minimum absolute atomic E-state index is 0.00713. The molecule has 2 heterocycles. The molecule has 9 heteroatoms. The third kappa shape index (κ3) is 4.58. The van der Waals surface area contributed by atoms with E-state index >= 15 is 0 Å². The third-order valence-electron chi connectivity index (χ3n) is 5.14. The lowest BCUT2D eigenvalue weighted by atomic mass is 9.99. The minimum atomic E-state index is -0.451. The van der Waals surface area contributed by atoms with E-state index in [9.17, 15) is 14.7 Å². The van der Waals surface area contributed by atoms with Crippen molar-refractivity contribution in [2.75, 3.05) is 32.1 Å². The number of amides is 2. The molecule has 1 aliphatic heterocycles. The van der Waals surface area contributed by atoms with Crippen molar-refractivity contribution in [1.29, 1.82) is 0 Å². The molecular weight excluding hydrogens is 386 g/mol. The lowest BCUT2D eigenvalue weighted by molar-refractivity contribution is 0.0417. The highest BCUT2D eigenvalue weighted by molar-refractivity contribution is 6.06. The molecule has 2 amide bonds. The fraction of sp³-hybridized carbons (Fsp3) is 0.429. The van der Waals surface area contributed by atoms with Crippen LogP contribution in [0.15, 0.2) is 36.8 Å². The van der Waals surface area contributed by atoms with Gasteiger partial charge in [0.25, 0.3) is 11.8 Å². The summed E-state index contributed by atoms with van der Waals surface area (Å²) in [6.07, 6.45) is 4.04. The van der Waals surface area contributed by atoms with E-state index in [1.165, 1.54) is 18.6 Å². The lowest BCUT2D eigenvalue weighted by Gasteiger charge is -2.37. The molecule has 2 aromatic rings. The second-order valence-electron chi connectivity index (χ2n) is 7.41. The van der Waals surface area contributed by atoms with Gasteiger partial charge in [0.05, 0.1) is 30.1 Å². The smallest absolute Gasteiger partial charge is 0.275 e. The molecule has 1 aromatic carbocycles. The van der Waals surface area contributed by atoms with Crippen molar-refractivity contribution in [3.63, 3.8) is 0 Å². The van der Waals surface area contributed by atoms with Crippen molar-refractivity contribution in [1.82, 2.24) is 20.2 Å². The number of carbonyl (C=O) groups is 2. The topological polar surface area (TPSA) is 117 Å². The van der Waals surface area contributed by atoms with Gasteiger partial charge in [-0.05, 0) is 26.1 Å². The maximum atomic E-state index is 13.3. The Morgan fingerprint density at radius 2 is 2.20 bits per heavy atom. The van der Waals surface area contributed by atoms with Crippen LogP contribution in [0.1, 0.15) is 34.7 Å². The second kappa shape index (κ2) is 9.64. The number of aliphatic hydroxyl groups excluding tert-OH is 1. The van der Waals surface area contributed by atoms with Gasteiger partial charge in [-0.2, -0.15) is 0 Å². The molecule has 0 saturated carbocycles. The number of rotatable bonds is 6. The molecular formula is C21H27N5O4. The highest BCUT2D eigenvalue weighted by Gasteiger charge is 2.33. The molecule has 30 heavy (non-hydrogen) atoms. The fourth-order valence-electron chi connectivity index (χ4n) is 3.39. The standard InChI is InChI=1S/C21H27N5O4/c1-13-11-26(14(2)12-27)21(29)15-5-4-6-16(19(15)30-18(13)10-22-3)25-20(28)17-9-23-7-8-24-17/h4-9,13-14,18,22,27H,10-12H2,1-3H3,(H,25,28)/t13-,14+,18-/m1/s1. The van der Waals surface area contributed by atoms with E-state index in [-0.39, 0.29) is 36.3 Å². The van der Waals surface area contributed by atoms with Crippen molar-refractivity contribution in [2.45, 2.75) is 26.0 Å². The number of nitrogens with one attached hydrogen (secondary N) is 2. The molecule has 3 N–H and O–H groups in total. The van der Waals surface area contributed by atoms with Gasteiger partial charge in [-0.15, -0.1) is 0 Å². The van der Waals surface area contributed by atoms with Crippen molar-refractivity contribution in [3.05, 3.63) is 48.0 Å². The predicted octanol–water partition coefficient (Wildman–Crippen LogP) is 1.17. The van der Waals surface area contributed by atoms with Crippen LogP contribution in [0.5, 0.6) is 5.75 Å². The zero-order valence-corrected chi connectivity index (χ0v) is 17.3. The summed E-state index contributed by atoms with van der Waals surface area (Å²) >= 11 is 0. The average molecular weight is 413 g/mol. The second-order valence-corrected chi connectivity index (χ2v) is 7.41. The van der Waals surface area contributed by atoms with Crippen LogP contribution in [-0.2, 0) is 0 Å². The zero-order valence-electron chi connectivity index (χ0n) is 17.3. The molecule has 0 unspecified atom stereocenters. The molecule has 9 nitrogen and oxygen atoms in total. The Morgan fingerprint density at radius 3 is 2.87 bits per heavy atom. The normalized spacial score (nSPS) is 19.9. The first-order valence-electron chi connectivity index (χ1n) is 9.89.